The Morgan fingerprint density at radius 1 is 1.09 bits per heavy atom. The van der Waals surface area contributed by atoms with Gasteiger partial charge in [-0.05, 0) is 38.1 Å². The monoisotopic (exact) mass is 302 g/mol. The van der Waals surface area contributed by atoms with E-state index < -0.39 is 0 Å². The van der Waals surface area contributed by atoms with Crippen LogP contribution in [0.3, 0.4) is 0 Å². The molecule has 0 spiro atoms. The minimum atomic E-state index is -0.0933. The first-order valence-electron chi connectivity index (χ1n) is 7.41. The molecule has 22 heavy (non-hydrogen) atoms. The molecule has 0 saturated carbocycles. The molecule has 0 amide bonds. The van der Waals surface area contributed by atoms with E-state index in [1.807, 2.05) is 38.1 Å². The summed E-state index contributed by atoms with van der Waals surface area (Å²) in [7, 11) is 1.74. The largest absolute Gasteiger partial charge is 0.494 e. The van der Waals surface area contributed by atoms with Crippen molar-refractivity contribution in [3.05, 3.63) is 46.2 Å². The molecular formula is C17H22N2O3. The average Bonchev–Trinajstić information content (AvgIpc) is 2.52. The number of nitrogens with two attached hydrogens (primary N) is 1. The van der Waals surface area contributed by atoms with E-state index in [0.717, 1.165) is 22.8 Å². The lowest BCUT2D eigenvalue weighted by atomic mass is 10.1. The Kier molecular flexibility index (Phi) is 5.22. The van der Waals surface area contributed by atoms with Crippen LogP contribution < -0.4 is 20.8 Å². The number of ether oxygens (including phenoxy) is 2. The fourth-order valence-electron chi connectivity index (χ4n) is 2.36. The van der Waals surface area contributed by atoms with Crippen LogP contribution in [-0.2, 0) is 13.6 Å². The van der Waals surface area contributed by atoms with E-state index in [-0.39, 0.29) is 12.1 Å². The van der Waals surface area contributed by atoms with Crippen LogP contribution in [0.25, 0.3) is 11.3 Å². The van der Waals surface area contributed by atoms with E-state index in [9.17, 15) is 4.79 Å². The Hall–Kier alpha value is -2.27. The number of hydrogen-bond donors (Lipinski definition) is 1. The van der Waals surface area contributed by atoms with Crippen LogP contribution in [0.4, 0.5) is 0 Å². The van der Waals surface area contributed by atoms with Crippen LogP contribution in [0, 0.1) is 0 Å². The van der Waals surface area contributed by atoms with E-state index in [2.05, 4.69) is 0 Å². The summed E-state index contributed by atoms with van der Waals surface area (Å²) in [6, 6.07) is 9.28. The minimum absolute atomic E-state index is 0.0933. The van der Waals surface area contributed by atoms with Crippen LogP contribution >= 0.6 is 0 Å². The van der Waals surface area contributed by atoms with Crippen LogP contribution in [0.5, 0.6) is 11.5 Å². The molecule has 0 aliphatic rings. The molecule has 0 atom stereocenters. The minimum Gasteiger partial charge on any atom is -0.494 e. The standard InChI is InChI=1S/C17H22N2O3/c1-4-21-13-7-9-16(22-5-2)14(10-13)15-8-6-12(11-18)17(20)19(15)3/h6-10H,4-5,11,18H2,1-3H3. The van der Waals surface area contributed by atoms with Crippen LogP contribution in [0.2, 0.25) is 0 Å². The topological polar surface area (TPSA) is 66.5 Å². The lowest BCUT2D eigenvalue weighted by Crippen LogP contribution is -2.24. The second-order valence-corrected chi connectivity index (χ2v) is 4.84. The molecule has 0 unspecified atom stereocenters. The fourth-order valence-corrected chi connectivity index (χ4v) is 2.36. The van der Waals surface area contributed by atoms with E-state index in [1.165, 1.54) is 0 Å². The van der Waals surface area contributed by atoms with Gasteiger partial charge < -0.3 is 19.8 Å². The third-order valence-electron chi connectivity index (χ3n) is 3.44. The molecule has 0 aliphatic carbocycles. The van der Waals surface area contributed by atoms with E-state index >= 15 is 0 Å². The van der Waals surface area contributed by atoms with Crippen molar-refractivity contribution < 1.29 is 9.47 Å². The molecule has 0 bridgehead atoms. The van der Waals surface area contributed by atoms with Gasteiger partial charge in [0.05, 0.1) is 18.9 Å². The van der Waals surface area contributed by atoms with Gasteiger partial charge in [-0.1, -0.05) is 6.07 Å². The smallest absolute Gasteiger partial charge is 0.255 e. The van der Waals surface area contributed by atoms with Gasteiger partial charge in [-0.2, -0.15) is 0 Å². The van der Waals surface area contributed by atoms with Crippen LogP contribution in [0.1, 0.15) is 19.4 Å². The molecular weight excluding hydrogens is 280 g/mol. The highest BCUT2D eigenvalue weighted by molar-refractivity contribution is 5.69. The Morgan fingerprint density at radius 2 is 1.82 bits per heavy atom. The molecule has 1 heterocycles. The van der Waals surface area contributed by atoms with Crippen molar-refractivity contribution in [2.45, 2.75) is 20.4 Å². The molecule has 118 valence electrons. The summed E-state index contributed by atoms with van der Waals surface area (Å²) in [5.74, 6) is 1.47. The molecule has 5 heteroatoms. The summed E-state index contributed by atoms with van der Waals surface area (Å²) in [4.78, 5) is 12.3. The summed E-state index contributed by atoms with van der Waals surface area (Å²) in [6.45, 7) is 5.22. The van der Waals surface area contributed by atoms with Crippen molar-refractivity contribution in [1.82, 2.24) is 4.57 Å². The lowest BCUT2D eigenvalue weighted by molar-refractivity contribution is 0.331. The van der Waals surface area contributed by atoms with Crippen LogP contribution in [0.15, 0.2) is 35.1 Å². The molecule has 2 rings (SSSR count). The highest BCUT2D eigenvalue weighted by Crippen LogP contribution is 2.33. The molecule has 2 N–H and O–H groups in total. The number of aromatic nitrogens is 1. The summed E-state index contributed by atoms with van der Waals surface area (Å²) in [6.07, 6.45) is 0. The molecule has 2 aromatic rings. The maximum Gasteiger partial charge on any atom is 0.255 e. The number of nitrogens with zero attached hydrogens (tertiary/aromatic N) is 1. The molecule has 0 aliphatic heterocycles. The van der Waals surface area contributed by atoms with Crippen molar-refractivity contribution in [3.8, 4) is 22.8 Å². The zero-order chi connectivity index (χ0) is 16.1. The second-order valence-electron chi connectivity index (χ2n) is 4.84. The first-order valence-corrected chi connectivity index (χ1v) is 7.41. The highest BCUT2D eigenvalue weighted by Gasteiger charge is 2.13. The van der Waals surface area contributed by atoms with Gasteiger partial charge in [-0.25, -0.2) is 0 Å². The summed E-state index contributed by atoms with van der Waals surface area (Å²) in [5, 5.41) is 0. The Labute approximate surface area is 130 Å². The Balaban J connectivity index is 2.61. The van der Waals surface area contributed by atoms with Crippen molar-refractivity contribution in [2.24, 2.45) is 12.8 Å². The Bertz CT molecular complexity index is 708. The summed E-state index contributed by atoms with van der Waals surface area (Å²) in [5.41, 5.74) is 7.69. The maximum atomic E-state index is 12.3. The van der Waals surface area contributed by atoms with Crippen molar-refractivity contribution >= 4 is 0 Å². The maximum absolute atomic E-state index is 12.3. The van der Waals surface area contributed by atoms with Gasteiger partial charge >= 0.3 is 0 Å². The average molecular weight is 302 g/mol. The molecule has 1 aromatic carbocycles. The van der Waals surface area contributed by atoms with Gasteiger partial charge in [0, 0.05) is 24.7 Å². The van der Waals surface area contributed by atoms with Crippen LogP contribution in [-0.4, -0.2) is 17.8 Å². The first-order chi connectivity index (χ1) is 10.6. The summed E-state index contributed by atoms with van der Waals surface area (Å²) < 4.78 is 12.8. The third kappa shape index (κ3) is 3.14. The van der Waals surface area contributed by atoms with Crippen molar-refractivity contribution in [1.29, 1.82) is 0 Å². The van der Waals surface area contributed by atoms with Crippen molar-refractivity contribution in [3.63, 3.8) is 0 Å². The van der Waals surface area contributed by atoms with Crippen molar-refractivity contribution in [2.75, 3.05) is 13.2 Å². The third-order valence-corrected chi connectivity index (χ3v) is 3.44. The summed E-state index contributed by atoms with van der Waals surface area (Å²) >= 11 is 0. The van der Waals surface area contributed by atoms with E-state index in [1.54, 1.807) is 17.7 Å². The van der Waals surface area contributed by atoms with Gasteiger partial charge in [-0.3, -0.25) is 4.79 Å². The number of hydrogen-bond acceptors (Lipinski definition) is 4. The van der Waals surface area contributed by atoms with Gasteiger partial charge in [0.1, 0.15) is 11.5 Å². The second kappa shape index (κ2) is 7.13. The molecule has 0 saturated heterocycles. The number of pyridine rings is 1. The first kappa shape index (κ1) is 16.1. The van der Waals surface area contributed by atoms with Gasteiger partial charge in [-0.15, -0.1) is 0 Å². The predicted octanol–water partition coefficient (Wildman–Crippen LogP) is 2.31. The highest BCUT2D eigenvalue weighted by atomic mass is 16.5. The number of rotatable bonds is 6. The quantitative estimate of drug-likeness (QED) is 0.889. The SMILES string of the molecule is CCOc1ccc(OCC)c(-c2ccc(CN)c(=O)n2C)c1. The molecule has 0 radical (unpaired) electrons. The lowest BCUT2D eigenvalue weighted by Gasteiger charge is -2.15. The zero-order valence-corrected chi connectivity index (χ0v) is 13.3. The fraction of sp³-hybridized carbons (Fsp3) is 0.353. The van der Waals surface area contributed by atoms with Gasteiger partial charge in [0.2, 0.25) is 0 Å². The van der Waals surface area contributed by atoms with E-state index in [4.69, 9.17) is 15.2 Å². The predicted molar refractivity (Wildman–Crippen MR) is 87.3 cm³/mol. The zero-order valence-electron chi connectivity index (χ0n) is 13.3. The molecule has 0 fully saturated rings. The van der Waals surface area contributed by atoms with Gasteiger partial charge in [0.25, 0.3) is 5.56 Å². The Morgan fingerprint density at radius 3 is 2.45 bits per heavy atom. The number of benzene rings is 1. The molecule has 5 nitrogen and oxygen atoms in total. The normalized spacial score (nSPS) is 10.5. The molecule has 1 aromatic heterocycles. The van der Waals surface area contributed by atoms with E-state index in [0.29, 0.717) is 18.8 Å². The van der Waals surface area contributed by atoms with Gasteiger partial charge in [0.15, 0.2) is 0 Å².